The van der Waals surface area contributed by atoms with Gasteiger partial charge >= 0.3 is 0 Å². The van der Waals surface area contributed by atoms with Crippen LogP contribution in [0.5, 0.6) is 0 Å². The van der Waals surface area contributed by atoms with Gasteiger partial charge in [0.2, 0.25) is 0 Å². The van der Waals surface area contributed by atoms with E-state index in [0.717, 1.165) is 0 Å². The zero-order valence-corrected chi connectivity index (χ0v) is 5.42. The maximum absolute atomic E-state index is 8.54. The third kappa shape index (κ3) is 0.913. The molecule has 0 bridgehead atoms. The fraction of sp³-hybridized carbons (Fsp3) is 0.833. The Bertz CT molecular complexity index is 152. The van der Waals surface area contributed by atoms with Gasteiger partial charge in [-0.15, -0.1) is 0 Å². The van der Waals surface area contributed by atoms with Crippen LogP contribution in [0.15, 0.2) is 0 Å². The molecule has 1 aliphatic heterocycles. The standard InChI is InChI=1S/C6H10N2O/c1-5-6(8,4-7)2-3-9-5/h5H,2-3,8H2,1H3. The predicted octanol–water partition coefficient (Wildman–Crippen LogP) is 0.0163. The monoisotopic (exact) mass is 126 g/mol. The lowest BCUT2D eigenvalue weighted by Crippen LogP contribution is -2.44. The predicted molar refractivity (Wildman–Crippen MR) is 32.6 cm³/mol. The van der Waals surface area contributed by atoms with Gasteiger partial charge in [0.15, 0.2) is 0 Å². The highest BCUT2D eigenvalue weighted by Crippen LogP contribution is 2.21. The maximum atomic E-state index is 8.54. The van der Waals surface area contributed by atoms with E-state index in [1.54, 1.807) is 0 Å². The van der Waals surface area contributed by atoms with Crippen LogP contribution in [0.25, 0.3) is 0 Å². The summed E-state index contributed by atoms with van der Waals surface area (Å²) in [5.41, 5.74) is 4.89. The third-order valence-corrected chi connectivity index (χ3v) is 1.82. The number of hydrogen-bond acceptors (Lipinski definition) is 3. The highest BCUT2D eigenvalue weighted by molar-refractivity contribution is 5.11. The Hall–Kier alpha value is -0.590. The Morgan fingerprint density at radius 3 is 2.78 bits per heavy atom. The molecule has 0 aromatic rings. The first-order chi connectivity index (χ1) is 4.19. The highest BCUT2D eigenvalue weighted by atomic mass is 16.5. The van der Waals surface area contributed by atoms with Crippen molar-refractivity contribution in [1.82, 2.24) is 0 Å². The summed E-state index contributed by atoms with van der Waals surface area (Å²) in [6.07, 6.45) is 0.549. The van der Waals surface area contributed by atoms with Crippen molar-refractivity contribution in [2.24, 2.45) is 5.73 Å². The largest absolute Gasteiger partial charge is 0.375 e. The number of nitrogens with two attached hydrogens (primary N) is 1. The normalized spacial score (nSPS) is 42.6. The lowest BCUT2D eigenvalue weighted by atomic mass is 9.96. The van der Waals surface area contributed by atoms with Gasteiger partial charge in [-0.3, -0.25) is 0 Å². The molecule has 50 valence electrons. The van der Waals surface area contributed by atoms with Crippen molar-refractivity contribution < 1.29 is 4.74 Å². The summed E-state index contributed by atoms with van der Waals surface area (Å²) in [6.45, 7) is 2.45. The number of hydrogen-bond donors (Lipinski definition) is 1. The Morgan fingerprint density at radius 2 is 2.56 bits per heavy atom. The Morgan fingerprint density at radius 1 is 1.89 bits per heavy atom. The molecule has 9 heavy (non-hydrogen) atoms. The first-order valence-electron chi connectivity index (χ1n) is 3.01. The molecule has 0 saturated carbocycles. The van der Waals surface area contributed by atoms with E-state index in [9.17, 15) is 0 Å². The second-order valence-electron chi connectivity index (χ2n) is 2.42. The van der Waals surface area contributed by atoms with Crippen LogP contribution in [0.3, 0.4) is 0 Å². The second kappa shape index (κ2) is 1.98. The summed E-state index contributed by atoms with van der Waals surface area (Å²) in [7, 11) is 0. The van der Waals surface area contributed by atoms with Gasteiger partial charge < -0.3 is 10.5 Å². The Labute approximate surface area is 54.4 Å². The number of ether oxygens (including phenoxy) is 1. The van der Waals surface area contributed by atoms with E-state index in [2.05, 4.69) is 0 Å². The van der Waals surface area contributed by atoms with Gasteiger partial charge in [-0.25, -0.2) is 0 Å². The minimum Gasteiger partial charge on any atom is -0.375 e. The van der Waals surface area contributed by atoms with Crippen LogP contribution < -0.4 is 5.73 Å². The molecule has 1 heterocycles. The summed E-state index contributed by atoms with van der Waals surface area (Å²) in [5, 5.41) is 8.54. The van der Waals surface area contributed by atoms with E-state index in [1.807, 2.05) is 13.0 Å². The highest BCUT2D eigenvalue weighted by Gasteiger charge is 2.37. The van der Waals surface area contributed by atoms with Crippen molar-refractivity contribution in [3.05, 3.63) is 0 Å². The molecule has 2 N–H and O–H groups in total. The topological polar surface area (TPSA) is 59.0 Å². The quantitative estimate of drug-likeness (QED) is 0.497. The average Bonchev–Trinajstić information content (AvgIpc) is 2.15. The molecule has 1 fully saturated rings. The van der Waals surface area contributed by atoms with Crippen molar-refractivity contribution in [2.75, 3.05) is 6.61 Å². The summed E-state index contributed by atoms with van der Waals surface area (Å²) in [6, 6.07) is 2.04. The molecule has 1 aliphatic rings. The lowest BCUT2D eigenvalue weighted by molar-refractivity contribution is 0.108. The van der Waals surface area contributed by atoms with Crippen LogP contribution in [0, 0.1) is 11.3 Å². The molecule has 2 unspecified atom stereocenters. The van der Waals surface area contributed by atoms with Gasteiger partial charge in [-0.1, -0.05) is 0 Å². The minimum absolute atomic E-state index is 0.109. The van der Waals surface area contributed by atoms with Gasteiger partial charge in [0, 0.05) is 13.0 Å². The van der Waals surface area contributed by atoms with Gasteiger partial charge in [-0.2, -0.15) is 5.26 Å². The van der Waals surface area contributed by atoms with Crippen molar-refractivity contribution in [3.8, 4) is 6.07 Å². The van der Waals surface area contributed by atoms with E-state index < -0.39 is 5.54 Å². The van der Waals surface area contributed by atoms with Gasteiger partial charge in [0.25, 0.3) is 0 Å². The molecule has 1 saturated heterocycles. The zero-order chi connectivity index (χ0) is 6.91. The first-order valence-corrected chi connectivity index (χ1v) is 3.01. The van der Waals surface area contributed by atoms with Crippen molar-refractivity contribution >= 4 is 0 Å². The molecular formula is C6H10N2O. The molecule has 0 spiro atoms. The molecule has 0 aromatic heterocycles. The van der Waals surface area contributed by atoms with Crippen molar-refractivity contribution in [1.29, 1.82) is 5.26 Å². The molecule has 0 radical (unpaired) electrons. The van der Waals surface area contributed by atoms with E-state index >= 15 is 0 Å². The molecular weight excluding hydrogens is 116 g/mol. The Balaban J connectivity index is 2.70. The zero-order valence-electron chi connectivity index (χ0n) is 5.42. The van der Waals surface area contributed by atoms with Gasteiger partial charge in [0.05, 0.1) is 12.2 Å². The molecule has 0 aromatic carbocycles. The lowest BCUT2D eigenvalue weighted by Gasteiger charge is -2.16. The molecule has 0 aliphatic carbocycles. The van der Waals surface area contributed by atoms with E-state index in [1.165, 1.54) is 0 Å². The molecule has 0 amide bonds. The summed E-state index contributed by atoms with van der Waals surface area (Å²) in [4.78, 5) is 0. The van der Waals surface area contributed by atoms with Crippen LogP contribution in [0.1, 0.15) is 13.3 Å². The van der Waals surface area contributed by atoms with Crippen molar-refractivity contribution in [2.45, 2.75) is 25.0 Å². The SMILES string of the molecule is CC1OCCC1(N)C#N. The van der Waals surface area contributed by atoms with Gasteiger partial charge in [-0.05, 0) is 6.92 Å². The molecule has 3 nitrogen and oxygen atoms in total. The van der Waals surface area contributed by atoms with Crippen LogP contribution in [0.4, 0.5) is 0 Å². The minimum atomic E-state index is -0.722. The first kappa shape index (κ1) is 6.53. The maximum Gasteiger partial charge on any atom is 0.132 e. The van der Waals surface area contributed by atoms with E-state index in [0.29, 0.717) is 13.0 Å². The average molecular weight is 126 g/mol. The number of rotatable bonds is 0. The van der Waals surface area contributed by atoms with Crippen molar-refractivity contribution in [3.63, 3.8) is 0 Å². The summed E-state index contributed by atoms with van der Waals surface area (Å²) >= 11 is 0. The molecule has 1 rings (SSSR count). The van der Waals surface area contributed by atoms with Crippen LogP contribution in [-0.2, 0) is 4.74 Å². The molecule has 2 atom stereocenters. The third-order valence-electron chi connectivity index (χ3n) is 1.82. The summed E-state index contributed by atoms with van der Waals surface area (Å²) < 4.78 is 5.11. The van der Waals surface area contributed by atoms with Crippen LogP contribution in [-0.4, -0.2) is 18.2 Å². The smallest absolute Gasteiger partial charge is 0.132 e. The second-order valence-corrected chi connectivity index (χ2v) is 2.42. The summed E-state index contributed by atoms with van der Waals surface area (Å²) in [5.74, 6) is 0. The molecule has 3 heteroatoms. The van der Waals surface area contributed by atoms with E-state index in [4.69, 9.17) is 15.7 Å². The fourth-order valence-electron chi connectivity index (χ4n) is 0.903. The van der Waals surface area contributed by atoms with E-state index in [-0.39, 0.29) is 6.10 Å². The number of nitriles is 1. The number of nitrogens with zero attached hydrogens (tertiary/aromatic N) is 1. The van der Waals surface area contributed by atoms with Crippen LogP contribution in [0.2, 0.25) is 0 Å². The fourth-order valence-corrected chi connectivity index (χ4v) is 0.903. The van der Waals surface area contributed by atoms with Gasteiger partial charge in [0.1, 0.15) is 5.54 Å². The van der Waals surface area contributed by atoms with Crippen LogP contribution >= 0.6 is 0 Å². The Kier molecular flexibility index (Phi) is 1.43.